The number of methoxy groups -OCH3 is 1. The van der Waals surface area contributed by atoms with Crippen LogP contribution >= 0.6 is 15.9 Å². The number of aromatic nitrogens is 2. The standard InChI is InChI=1S/C13H21BrN2O2/c1-4-11-13(14)12(16(5-2)15-11)9-10(17)7-6-8-18-3/h4-9H2,1-3H3. The number of Topliss-reactive ketones (excluding diaryl/α,β-unsaturated/α-hetero) is 1. The number of carbonyl (C=O) groups excluding carboxylic acids is 1. The lowest BCUT2D eigenvalue weighted by molar-refractivity contribution is -0.118. The molecule has 0 unspecified atom stereocenters. The van der Waals surface area contributed by atoms with Crippen molar-refractivity contribution in [1.29, 1.82) is 0 Å². The van der Waals surface area contributed by atoms with Crippen molar-refractivity contribution in [2.75, 3.05) is 13.7 Å². The molecule has 1 rings (SSSR count). The van der Waals surface area contributed by atoms with Crippen molar-refractivity contribution < 1.29 is 9.53 Å². The maximum Gasteiger partial charge on any atom is 0.138 e. The summed E-state index contributed by atoms with van der Waals surface area (Å²) in [4.78, 5) is 11.9. The zero-order valence-electron chi connectivity index (χ0n) is 11.3. The van der Waals surface area contributed by atoms with Crippen LogP contribution in [0.1, 0.15) is 38.1 Å². The molecule has 102 valence electrons. The fraction of sp³-hybridized carbons (Fsp3) is 0.692. The molecule has 0 amide bonds. The molecule has 1 heterocycles. The molecular formula is C13H21BrN2O2. The first-order chi connectivity index (χ1) is 8.63. The van der Waals surface area contributed by atoms with Crippen LogP contribution in [0.3, 0.4) is 0 Å². The van der Waals surface area contributed by atoms with E-state index in [4.69, 9.17) is 4.74 Å². The van der Waals surface area contributed by atoms with Crippen LogP contribution in [-0.4, -0.2) is 29.3 Å². The van der Waals surface area contributed by atoms with E-state index in [1.54, 1.807) is 7.11 Å². The Morgan fingerprint density at radius 1 is 1.44 bits per heavy atom. The molecule has 0 atom stereocenters. The first-order valence-electron chi connectivity index (χ1n) is 6.38. The fourth-order valence-corrected chi connectivity index (χ4v) is 2.58. The maximum absolute atomic E-state index is 11.9. The van der Waals surface area contributed by atoms with E-state index >= 15 is 0 Å². The highest BCUT2D eigenvalue weighted by atomic mass is 79.9. The van der Waals surface area contributed by atoms with E-state index in [2.05, 4.69) is 28.0 Å². The van der Waals surface area contributed by atoms with Crippen molar-refractivity contribution >= 4 is 21.7 Å². The predicted octanol–water partition coefficient (Wildman–Crippen LogP) is 2.77. The maximum atomic E-state index is 11.9. The quantitative estimate of drug-likeness (QED) is 0.693. The molecule has 1 aromatic rings. The predicted molar refractivity (Wildman–Crippen MR) is 74.8 cm³/mol. The lowest BCUT2D eigenvalue weighted by Crippen LogP contribution is -2.10. The smallest absolute Gasteiger partial charge is 0.138 e. The van der Waals surface area contributed by atoms with Crippen molar-refractivity contribution in [3.05, 3.63) is 15.9 Å². The minimum Gasteiger partial charge on any atom is -0.385 e. The molecule has 0 N–H and O–H groups in total. The van der Waals surface area contributed by atoms with Gasteiger partial charge in [0, 0.05) is 33.1 Å². The van der Waals surface area contributed by atoms with Gasteiger partial charge in [0.2, 0.25) is 0 Å². The number of hydrogen-bond acceptors (Lipinski definition) is 3. The summed E-state index contributed by atoms with van der Waals surface area (Å²) < 4.78 is 7.86. The number of ketones is 1. The van der Waals surface area contributed by atoms with E-state index in [1.807, 2.05) is 11.6 Å². The monoisotopic (exact) mass is 316 g/mol. The number of rotatable bonds is 8. The van der Waals surface area contributed by atoms with E-state index in [1.165, 1.54) is 0 Å². The van der Waals surface area contributed by atoms with Crippen molar-refractivity contribution in [2.45, 2.75) is 46.1 Å². The van der Waals surface area contributed by atoms with Crippen LogP contribution in [0, 0.1) is 0 Å². The van der Waals surface area contributed by atoms with Crippen LogP contribution in [0.4, 0.5) is 0 Å². The summed E-state index contributed by atoms with van der Waals surface area (Å²) in [6, 6.07) is 0. The molecule has 0 radical (unpaired) electrons. The summed E-state index contributed by atoms with van der Waals surface area (Å²) in [5.41, 5.74) is 2.02. The summed E-state index contributed by atoms with van der Waals surface area (Å²) in [6.45, 7) is 5.54. The van der Waals surface area contributed by atoms with Gasteiger partial charge in [-0.2, -0.15) is 5.10 Å². The van der Waals surface area contributed by atoms with Crippen LogP contribution < -0.4 is 0 Å². The van der Waals surface area contributed by atoms with Crippen molar-refractivity contribution in [1.82, 2.24) is 9.78 Å². The van der Waals surface area contributed by atoms with Gasteiger partial charge < -0.3 is 4.74 Å². The summed E-state index contributed by atoms with van der Waals surface area (Å²) >= 11 is 3.55. The first kappa shape index (κ1) is 15.4. The van der Waals surface area contributed by atoms with Gasteiger partial charge in [0.1, 0.15) is 5.78 Å². The average molecular weight is 317 g/mol. The van der Waals surface area contributed by atoms with Crippen LogP contribution in [0.15, 0.2) is 4.47 Å². The van der Waals surface area contributed by atoms with Gasteiger partial charge in [0.05, 0.1) is 15.9 Å². The Balaban J connectivity index is 2.70. The van der Waals surface area contributed by atoms with E-state index in [-0.39, 0.29) is 5.78 Å². The minimum absolute atomic E-state index is 0.241. The van der Waals surface area contributed by atoms with E-state index in [9.17, 15) is 4.79 Å². The van der Waals surface area contributed by atoms with Gasteiger partial charge in [0.25, 0.3) is 0 Å². The largest absolute Gasteiger partial charge is 0.385 e. The zero-order chi connectivity index (χ0) is 13.5. The fourth-order valence-electron chi connectivity index (χ4n) is 1.87. The van der Waals surface area contributed by atoms with Gasteiger partial charge in [-0.05, 0) is 35.7 Å². The van der Waals surface area contributed by atoms with Crippen molar-refractivity contribution in [2.24, 2.45) is 0 Å². The van der Waals surface area contributed by atoms with Gasteiger partial charge in [-0.25, -0.2) is 0 Å². The van der Waals surface area contributed by atoms with E-state index < -0.39 is 0 Å². The zero-order valence-corrected chi connectivity index (χ0v) is 12.9. The number of carbonyl (C=O) groups is 1. The number of ether oxygens (including phenoxy) is 1. The third kappa shape index (κ3) is 3.92. The van der Waals surface area contributed by atoms with Crippen LogP contribution in [0.5, 0.6) is 0 Å². The lowest BCUT2D eigenvalue weighted by Gasteiger charge is -2.05. The number of aryl methyl sites for hydroxylation is 2. The Hall–Kier alpha value is -0.680. The molecule has 0 fully saturated rings. The van der Waals surface area contributed by atoms with E-state index in [0.717, 1.165) is 35.2 Å². The normalized spacial score (nSPS) is 10.9. The molecule has 1 aromatic heterocycles. The Labute approximate surface area is 117 Å². The Morgan fingerprint density at radius 3 is 2.72 bits per heavy atom. The topological polar surface area (TPSA) is 44.1 Å². The molecule has 18 heavy (non-hydrogen) atoms. The molecule has 0 bridgehead atoms. The summed E-state index contributed by atoms with van der Waals surface area (Å²) in [5, 5.41) is 4.49. The molecule has 0 saturated heterocycles. The third-order valence-electron chi connectivity index (χ3n) is 2.86. The Kier molecular flexibility index (Phi) is 6.57. The second kappa shape index (κ2) is 7.69. The van der Waals surface area contributed by atoms with Crippen LogP contribution in [0.25, 0.3) is 0 Å². The minimum atomic E-state index is 0.241. The van der Waals surface area contributed by atoms with Gasteiger partial charge >= 0.3 is 0 Å². The third-order valence-corrected chi connectivity index (χ3v) is 3.78. The lowest BCUT2D eigenvalue weighted by atomic mass is 10.1. The van der Waals surface area contributed by atoms with Gasteiger partial charge in [-0.15, -0.1) is 0 Å². The second-order valence-corrected chi connectivity index (χ2v) is 4.98. The highest BCUT2D eigenvalue weighted by Crippen LogP contribution is 2.23. The average Bonchev–Trinajstić information content (AvgIpc) is 2.66. The van der Waals surface area contributed by atoms with Crippen molar-refractivity contribution in [3.8, 4) is 0 Å². The number of nitrogens with zero attached hydrogens (tertiary/aromatic N) is 2. The molecule has 0 aliphatic heterocycles. The molecule has 0 aromatic carbocycles. The van der Waals surface area contributed by atoms with Gasteiger partial charge in [-0.1, -0.05) is 6.92 Å². The molecule has 4 nitrogen and oxygen atoms in total. The summed E-state index contributed by atoms with van der Waals surface area (Å²) in [5.74, 6) is 0.241. The molecule has 0 aliphatic carbocycles. The molecular weight excluding hydrogens is 296 g/mol. The number of halogens is 1. The van der Waals surface area contributed by atoms with Crippen LogP contribution in [0.2, 0.25) is 0 Å². The molecule has 0 aliphatic rings. The molecule has 0 spiro atoms. The first-order valence-corrected chi connectivity index (χ1v) is 7.17. The highest BCUT2D eigenvalue weighted by molar-refractivity contribution is 9.10. The van der Waals surface area contributed by atoms with Crippen LogP contribution in [-0.2, 0) is 28.9 Å². The number of hydrogen-bond donors (Lipinski definition) is 0. The SMILES string of the molecule is CCc1nn(CC)c(CC(=O)CCCOC)c1Br. The Morgan fingerprint density at radius 2 is 2.17 bits per heavy atom. The van der Waals surface area contributed by atoms with E-state index in [0.29, 0.717) is 19.4 Å². The summed E-state index contributed by atoms with van der Waals surface area (Å²) in [6.07, 6.45) is 2.67. The van der Waals surface area contributed by atoms with Gasteiger partial charge in [0.15, 0.2) is 0 Å². The molecule has 5 heteroatoms. The summed E-state index contributed by atoms with van der Waals surface area (Å²) in [7, 11) is 1.65. The second-order valence-electron chi connectivity index (χ2n) is 4.19. The Bertz CT molecular complexity index is 402. The van der Waals surface area contributed by atoms with Crippen molar-refractivity contribution in [3.63, 3.8) is 0 Å². The molecule has 0 saturated carbocycles. The van der Waals surface area contributed by atoms with Gasteiger partial charge in [-0.3, -0.25) is 9.48 Å². The highest BCUT2D eigenvalue weighted by Gasteiger charge is 2.16.